The number of aromatic nitrogens is 2. The molecule has 2 aromatic carbocycles. The van der Waals surface area contributed by atoms with Gasteiger partial charge < -0.3 is 9.84 Å². The van der Waals surface area contributed by atoms with Gasteiger partial charge in [-0.1, -0.05) is 35.3 Å². The van der Waals surface area contributed by atoms with E-state index in [0.717, 1.165) is 10.9 Å². The Labute approximate surface area is 202 Å². The van der Waals surface area contributed by atoms with E-state index >= 15 is 0 Å². The van der Waals surface area contributed by atoms with Crippen LogP contribution in [0.1, 0.15) is 26.7 Å². The van der Waals surface area contributed by atoms with Gasteiger partial charge in [-0.2, -0.15) is 9.78 Å². The first-order chi connectivity index (χ1) is 15.4. The van der Waals surface area contributed by atoms with Crippen LogP contribution in [0.3, 0.4) is 0 Å². The summed E-state index contributed by atoms with van der Waals surface area (Å²) in [4.78, 5) is 13.5. The van der Waals surface area contributed by atoms with E-state index in [9.17, 15) is 18.3 Å². The second-order valence-electron chi connectivity index (χ2n) is 8.26. The number of rotatable bonds is 8. The molecule has 3 rings (SSSR count). The van der Waals surface area contributed by atoms with Crippen LogP contribution in [0.4, 0.5) is 0 Å². The number of hydrogen-bond donors (Lipinski definition) is 1. The van der Waals surface area contributed by atoms with Crippen molar-refractivity contribution in [1.29, 1.82) is 0 Å². The normalized spacial score (nSPS) is 12.1. The Hall–Kier alpha value is -2.39. The van der Waals surface area contributed by atoms with E-state index in [1.54, 1.807) is 38.1 Å². The highest BCUT2D eigenvalue weighted by atomic mass is 35.5. The van der Waals surface area contributed by atoms with E-state index in [2.05, 4.69) is 5.10 Å². The van der Waals surface area contributed by atoms with E-state index < -0.39 is 21.0 Å². The van der Waals surface area contributed by atoms with Crippen LogP contribution in [-0.4, -0.2) is 41.8 Å². The van der Waals surface area contributed by atoms with E-state index in [0.29, 0.717) is 34.7 Å². The minimum absolute atomic E-state index is 0.0546. The molecule has 1 N–H and O–H groups in total. The zero-order valence-corrected chi connectivity index (χ0v) is 20.7. The van der Waals surface area contributed by atoms with Crippen LogP contribution in [0.25, 0.3) is 16.8 Å². The fourth-order valence-corrected chi connectivity index (χ4v) is 4.07. The maximum atomic E-state index is 13.3. The first-order valence-corrected chi connectivity index (χ1v) is 12.7. The Morgan fingerprint density at radius 3 is 2.33 bits per heavy atom. The lowest BCUT2D eigenvalue weighted by Gasteiger charge is -2.18. The van der Waals surface area contributed by atoms with Crippen LogP contribution in [0.5, 0.6) is 5.75 Å². The van der Waals surface area contributed by atoms with Crippen molar-refractivity contribution in [2.24, 2.45) is 0 Å². The van der Waals surface area contributed by atoms with Crippen LogP contribution >= 0.6 is 23.2 Å². The van der Waals surface area contributed by atoms with Gasteiger partial charge in [0.25, 0.3) is 0 Å². The van der Waals surface area contributed by atoms with Gasteiger partial charge in [0.2, 0.25) is 0 Å². The molecular formula is C23H24Cl2N2O5S. The number of benzene rings is 2. The highest BCUT2D eigenvalue weighted by Gasteiger charge is 2.18. The van der Waals surface area contributed by atoms with Gasteiger partial charge in [0.1, 0.15) is 0 Å². The Balaban J connectivity index is 2.05. The van der Waals surface area contributed by atoms with Crippen molar-refractivity contribution in [1.82, 2.24) is 9.78 Å². The molecule has 1 heterocycles. The van der Waals surface area contributed by atoms with Crippen molar-refractivity contribution in [2.75, 3.05) is 12.9 Å². The summed E-state index contributed by atoms with van der Waals surface area (Å²) in [5.74, 6) is 0.0546. The van der Waals surface area contributed by atoms with E-state index in [4.69, 9.17) is 27.9 Å². The SMILES string of the molecule is CC(C)(O)CCCOc1c(-c2ccc(S(C)(=O)=O)cc2)cnn(-c2ccc(Cl)c(Cl)c2)c1=O. The monoisotopic (exact) mass is 510 g/mol. The smallest absolute Gasteiger partial charge is 0.314 e. The molecule has 0 amide bonds. The molecule has 7 nitrogen and oxygen atoms in total. The fourth-order valence-electron chi connectivity index (χ4n) is 3.14. The molecule has 0 radical (unpaired) electrons. The van der Waals surface area contributed by atoms with E-state index in [-0.39, 0.29) is 22.3 Å². The molecule has 0 saturated heterocycles. The molecule has 33 heavy (non-hydrogen) atoms. The quantitative estimate of drug-likeness (QED) is 0.446. The number of sulfone groups is 1. The third-order valence-corrected chi connectivity index (χ3v) is 6.72. The molecule has 176 valence electrons. The highest BCUT2D eigenvalue weighted by molar-refractivity contribution is 7.90. The first-order valence-electron chi connectivity index (χ1n) is 10.1. The zero-order chi connectivity index (χ0) is 24.4. The number of halogens is 2. The molecule has 0 spiro atoms. The number of hydrogen-bond acceptors (Lipinski definition) is 6. The predicted octanol–water partition coefficient (Wildman–Crippen LogP) is 4.54. The number of ether oxygens (including phenoxy) is 1. The summed E-state index contributed by atoms with van der Waals surface area (Å²) in [7, 11) is -3.36. The van der Waals surface area contributed by atoms with Crippen LogP contribution in [0.15, 0.2) is 58.4 Å². The third kappa shape index (κ3) is 6.35. The average Bonchev–Trinajstić information content (AvgIpc) is 2.73. The van der Waals surface area contributed by atoms with Crippen LogP contribution in [-0.2, 0) is 9.84 Å². The van der Waals surface area contributed by atoms with Crippen LogP contribution in [0, 0.1) is 0 Å². The second kappa shape index (κ2) is 9.85. The molecule has 10 heteroatoms. The lowest BCUT2D eigenvalue weighted by Crippen LogP contribution is -2.25. The molecule has 0 fully saturated rings. The Morgan fingerprint density at radius 1 is 1.09 bits per heavy atom. The summed E-state index contributed by atoms with van der Waals surface area (Å²) in [6, 6.07) is 10.8. The lowest BCUT2D eigenvalue weighted by atomic mass is 10.0. The van der Waals surface area contributed by atoms with Crippen LogP contribution in [0.2, 0.25) is 10.0 Å². The summed E-state index contributed by atoms with van der Waals surface area (Å²) in [5.41, 5.74) is 0.0352. The maximum Gasteiger partial charge on any atom is 0.314 e. The molecular weight excluding hydrogens is 487 g/mol. The minimum Gasteiger partial charge on any atom is -0.487 e. The summed E-state index contributed by atoms with van der Waals surface area (Å²) in [6.45, 7) is 3.59. The number of nitrogens with zero attached hydrogens (tertiary/aromatic N) is 2. The lowest BCUT2D eigenvalue weighted by molar-refractivity contribution is 0.0640. The van der Waals surface area contributed by atoms with Crippen LogP contribution < -0.4 is 10.3 Å². The Bertz CT molecular complexity index is 1310. The molecule has 3 aromatic rings. The minimum atomic E-state index is -3.36. The summed E-state index contributed by atoms with van der Waals surface area (Å²) < 4.78 is 30.6. The van der Waals surface area contributed by atoms with Gasteiger partial charge >= 0.3 is 5.56 Å². The molecule has 0 bridgehead atoms. The summed E-state index contributed by atoms with van der Waals surface area (Å²) >= 11 is 12.1. The predicted molar refractivity (Wildman–Crippen MR) is 129 cm³/mol. The Kier molecular flexibility index (Phi) is 7.53. The van der Waals surface area contributed by atoms with Gasteiger partial charge in [-0.15, -0.1) is 0 Å². The topological polar surface area (TPSA) is 98.5 Å². The van der Waals surface area contributed by atoms with Gasteiger partial charge in [-0.25, -0.2) is 8.42 Å². The van der Waals surface area contributed by atoms with Crippen molar-refractivity contribution >= 4 is 33.0 Å². The summed E-state index contributed by atoms with van der Waals surface area (Å²) in [5, 5.41) is 14.8. The fraction of sp³-hybridized carbons (Fsp3) is 0.304. The van der Waals surface area contributed by atoms with Crippen molar-refractivity contribution in [3.63, 3.8) is 0 Å². The number of aliphatic hydroxyl groups is 1. The van der Waals surface area contributed by atoms with Crippen molar-refractivity contribution < 1.29 is 18.3 Å². The van der Waals surface area contributed by atoms with Gasteiger partial charge in [0, 0.05) is 11.8 Å². The van der Waals surface area contributed by atoms with Gasteiger partial charge in [-0.05, 0) is 62.6 Å². The summed E-state index contributed by atoms with van der Waals surface area (Å²) in [6.07, 6.45) is 3.60. The van der Waals surface area contributed by atoms with Gasteiger partial charge in [0.15, 0.2) is 15.6 Å². The van der Waals surface area contributed by atoms with Crippen molar-refractivity contribution in [3.05, 3.63) is 69.1 Å². The Morgan fingerprint density at radius 2 is 1.76 bits per heavy atom. The maximum absolute atomic E-state index is 13.3. The largest absolute Gasteiger partial charge is 0.487 e. The molecule has 0 unspecified atom stereocenters. The molecule has 1 aromatic heterocycles. The molecule has 0 atom stereocenters. The highest BCUT2D eigenvalue weighted by Crippen LogP contribution is 2.29. The second-order valence-corrected chi connectivity index (χ2v) is 11.1. The first kappa shape index (κ1) is 25.2. The van der Waals surface area contributed by atoms with Gasteiger partial charge in [0.05, 0.1) is 39.0 Å². The third-order valence-electron chi connectivity index (χ3n) is 4.85. The standard InChI is InChI=1S/C23H24Cl2N2O5S/c1-23(2,29)11-4-12-32-21-18(15-5-8-17(9-6-15)33(3,30)31)14-26-27(22(21)28)16-7-10-19(24)20(25)13-16/h5-10,13-14,29H,4,11-12H2,1-3H3. The molecule has 0 saturated carbocycles. The molecule has 0 aliphatic rings. The van der Waals surface area contributed by atoms with Crippen molar-refractivity contribution in [2.45, 2.75) is 37.2 Å². The van der Waals surface area contributed by atoms with Crippen molar-refractivity contribution in [3.8, 4) is 22.6 Å². The zero-order valence-electron chi connectivity index (χ0n) is 18.4. The van der Waals surface area contributed by atoms with E-state index in [1.807, 2.05) is 0 Å². The average molecular weight is 511 g/mol. The molecule has 0 aliphatic carbocycles. The van der Waals surface area contributed by atoms with E-state index in [1.165, 1.54) is 24.4 Å². The molecule has 0 aliphatic heterocycles. The van der Waals surface area contributed by atoms with Gasteiger partial charge in [-0.3, -0.25) is 4.79 Å².